The van der Waals surface area contributed by atoms with E-state index in [0.717, 1.165) is 22.6 Å². The first-order valence-corrected chi connectivity index (χ1v) is 7.54. The molecule has 1 aromatic heterocycles. The number of hydrogen-bond acceptors (Lipinski definition) is 3. The van der Waals surface area contributed by atoms with E-state index in [2.05, 4.69) is 16.4 Å². The number of hydrogen-bond donors (Lipinski definition) is 1. The molecule has 0 aliphatic rings. The fourth-order valence-electron chi connectivity index (χ4n) is 2.55. The van der Waals surface area contributed by atoms with Gasteiger partial charge in [0.05, 0.1) is 18.2 Å². The molecule has 0 unspecified atom stereocenters. The minimum absolute atomic E-state index is 0.0997. The van der Waals surface area contributed by atoms with Crippen molar-refractivity contribution in [3.05, 3.63) is 72.1 Å². The molecule has 0 spiro atoms. The van der Waals surface area contributed by atoms with Crippen molar-refractivity contribution < 1.29 is 4.79 Å². The highest BCUT2D eigenvalue weighted by molar-refractivity contribution is 5.88. The minimum atomic E-state index is -0.0997. The van der Waals surface area contributed by atoms with Gasteiger partial charge in [0.2, 0.25) is 5.91 Å². The van der Waals surface area contributed by atoms with Crippen LogP contribution in [0.15, 0.2) is 60.9 Å². The van der Waals surface area contributed by atoms with Crippen LogP contribution in [-0.4, -0.2) is 15.5 Å². The molecule has 1 heterocycles. The number of carbonyl (C=O) groups excluding carboxylic acids is 1. The average Bonchev–Trinajstić information content (AvgIpc) is 3.04. The lowest BCUT2D eigenvalue weighted by atomic mass is 10.1. The Kier molecular flexibility index (Phi) is 4.39. The van der Waals surface area contributed by atoms with Crippen molar-refractivity contribution in [3.63, 3.8) is 0 Å². The standard InChI is InChI=1S/C19H16N4O/c1-14(24)22-18-8-6-15(7-9-18)19-21-10-11-23(19)13-17-5-3-2-4-16(17)12-20/h2-11H,13H2,1H3,(H,22,24). The number of amides is 1. The van der Waals surface area contributed by atoms with E-state index in [4.69, 9.17) is 0 Å². The van der Waals surface area contributed by atoms with Crippen molar-refractivity contribution in [1.82, 2.24) is 9.55 Å². The zero-order valence-corrected chi connectivity index (χ0v) is 13.2. The third-order valence-electron chi connectivity index (χ3n) is 3.66. The number of nitrogens with zero attached hydrogens (tertiary/aromatic N) is 3. The summed E-state index contributed by atoms with van der Waals surface area (Å²) >= 11 is 0. The fraction of sp³-hybridized carbons (Fsp3) is 0.105. The van der Waals surface area contributed by atoms with Gasteiger partial charge in [-0.25, -0.2) is 4.98 Å². The summed E-state index contributed by atoms with van der Waals surface area (Å²) in [6.45, 7) is 2.06. The molecule has 24 heavy (non-hydrogen) atoms. The van der Waals surface area contributed by atoms with Gasteiger partial charge in [0.15, 0.2) is 0 Å². The Bertz CT molecular complexity index is 904. The molecule has 0 fully saturated rings. The van der Waals surface area contributed by atoms with Crippen molar-refractivity contribution in [2.24, 2.45) is 0 Å². The maximum absolute atomic E-state index is 11.1. The number of aromatic nitrogens is 2. The molecule has 0 saturated heterocycles. The summed E-state index contributed by atoms with van der Waals surface area (Å²) in [6.07, 6.45) is 3.64. The van der Waals surface area contributed by atoms with E-state index in [-0.39, 0.29) is 5.91 Å². The van der Waals surface area contributed by atoms with Crippen LogP contribution in [0.4, 0.5) is 5.69 Å². The summed E-state index contributed by atoms with van der Waals surface area (Å²) in [5.74, 6) is 0.717. The highest BCUT2D eigenvalue weighted by Gasteiger charge is 2.09. The Hall–Kier alpha value is -3.39. The minimum Gasteiger partial charge on any atom is -0.327 e. The van der Waals surface area contributed by atoms with Gasteiger partial charge in [-0.3, -0.25) is 4.79 Å². The Labute approximate surface area is 140 Å². The number of nitriles is 1. The van der Waals surface area contributed by atoms with Crippen LogP contribution in [0.2, 0.25) is 0 Å². The zero-order chi connectivity index (χ0) is 16.9. The predicted octanol–water partition coefficient (Wildman–Crippen LogP) is 3.43. The molecule has 3 aromatic rings. The van der Waals surface area contributed by atoms with E-state index in [9.17, 15) is 10.1 Å². The Morgan fingerprint density at radius 2 is 1.96 bits per heavy atom. The third kappa shape index (κ3) is 3.33. The maximum Gasteiger partial charge on any atom is 0.221 e. The summed E-state index contributed by atoms with van der Waals surface area (Å²) in [4.78, 5) is 15.5. The van der Waals surface area contributed by atoms with E-state index >= 15 is 0 Å². The summed E-state index contributed by atoms with van der Waals surface area (Å²) in [7, 11) is 0. The molecule has 5 heteroatoms. The molecule has 0 radical (unpaired) electrons. The first-order valence-electron chi connectivity index (χ1n) is 7.54. The van der Waals surface area contributed by atoms with Gasteiger partial charge in [-0.1, -0.05) is 18.2 Å². The van der Waals surface area contributed by atoms with Gasteiger partial charge >= 0.3 is 0 Å². The largest absolute Gasteiger partial charge is 0.327 e. The first kappa shape index (κ1) is 15.5. The van der Waals surface area contributed by atoms with Crippen molar-refractivity contribution in [3.8, 4) is 17.5 Å². The van der Waals surface area contributed by atoms with Gasteiger partial charge in [-0.15, -0.1) is 0 Å². The van der Waals surface area contributed by atoms with E-state index in [1.165, 1.54) is 6.92 Å². The van der Waals surface area contributed by atoms with E-state index in [0.29, 0.717) is 12.1 Å². The topological polar surface area (TPSA) is 70.7 Å². The third-order valence-corrected chi connectivity index (χ3v) is 3.66. The van der Waals surface area contributed by atoms with Crippen LogP contribution in [0.1, 0.15) is 18.1 Å². The van der Waals surface area contributed by atoms with Crippen molar-refractivity contribution in [2.75, 3.05) is 5.32 Å². The molecular formula is C19H16N4O. The molecule has 2 aromatic carbocycles. The SMILES string of the molecule is CC(=O)Nc1ccc(-c2nccn2Cc2ccccc2C#N)cc1. The van der Waals surface area contributed by atoms with Crippen LogP contribution >= 0.6 is 0 Å². The van der Waals surface area contributed by atoms with E-state index in [1.807, 2.05) is 59.3 Å². The zero-order valence-electron chi connectivity index (χ0n) is 13.2. The molecule has 118 valence electrons. The van der Waals surface area contributed by atoms with Gasteiger partial charge < -0.3 is 9.88 Å². The van der Waals surface area contributed by atoms with E-state index < -0.39 is 0 Å². The lowest BCUT2D eigenvalue weighted by Gasteiger charge is -2.10. The second kappa shape index (κ2) is 6.80. The van der Waals surface area contributed by atoms with Gasteiger partial charge in [-0.05, 0) is 35.9 Å². The molecule has 0 aliphatic carbocycles. The fourth-order valence-corrected chi connectivity index (χ4v) is 2.55. The van der Waals surface area contributed by atoms with Crippen LogP contribution < -0.4 is 5.32 Å². The van der Waals surface area contributed by atoms with Crippen LogP contribution in [-0.2, 0) is 11.3 Å². The summed E-state index contributed by atoms with van der Waals surface area (Å²) < 4.78 is 2.00. The van der Waals surface area contributed by atoms with Crippen LogP contribution in [0.3, 0.4) is 0 Å². The van der Waals surface area contributed by atoms with Gasteiger partial charge in [0, 0.05) is 30.6 Å². The van der Waals surface area contributed by atoms with Gasteiger partial charge in [0.1, 0.15) is 5.82 Å². The van der Waals surface area contributed by atoms with E-state index in [1.54, 1.807) is 6.20 Å². The monoisotopic (exact) mass is 316 g/mol. The number of nitrogens with one attached hydrogen (secondary N) is 1. The van der Waals surface area contributed by atoms with Crippen LogP contribution in [0.25, 0.3) is 11.4 Å². The highest BCUT2D eigenvalue weighted by atomic mass is 16.1. The van der Waals surface area contributed by atoms with Gasteiger partial charge in [0.25, 0.3) is 0 Å². The first-order chi connectivity index (χ1) is 11.7. The lowest BCUT2D eigenvalue weighted by molar-refractivity contribution is -0.114. The Morgan fingerprint density at radius 1 is 1.21 bits per heavy atom. The average molecular weight is 316 g/mol. The van der Waals surface area contributed by atoms with Crippen LogP contribution in [0.5, 0.6) is 0 Å². The molecule has 0 bridgehead atoms. The summed E-state index contributed by atoms with van der Waals surface area (Å²) in [5, 5.41) is 12.0. The Morgan fingerprint density at radius 3 is 2.67 bits per heavy atom. The number of anilines is 1. The second-order valence-corrected chi connectivity index (χ2v) is 5.41. The molecule has 1 N–H and O–H groups in total. The molecular weight excluding hydrogens is 300 g/mol. The van der Waals surface area contributed by atoms with Crippen LogP contribution in [0, 0.1) is 11.3 Å². The molecule has 0 atom stereocenters. The van der Waals surface area contributed by atoms with Crippen molar-refractivity contribution in [1.29, 1.82) is 5.26 Å². The molecule has 1 amide bonds. The molecule has 0 saturated carbocycles. The highest BCUT2D eigenvalue weighted by Crippen LogP contribution is 2.21. The maximum atomic E-state index is 11.1. The molecule has 3 rings (SSSR count). The van der Waals surface area contributed by atoms with Gasteiger partial charge in [-0.2, -0.15) is 5.26 Å². The summed E-state index contributed by atoms with van der Waals surface area (Å²) in [6, 6.07) is 17.3. The number of benzene rings is 2. The predicted molar refractivity (Wildman–Crippen MR) is 92.2 cm³/mol. The molecule has 5 nitrogen and oxygen atoms in total. The van der Waals surface area contributed by atoms with Crippen molar-refractivity contribution >= 4 is 11.6 Å². The smallest absolute Gasteiger partial charge is 0.221 e. The normalized spacial score (nSPS) is 10.2. The quantitative estimate of drug-likeness (QED) is 0.801. The number of imidazole rings is 1. The molecule has 0 aliphatic heterocycles. The number of rotatable bonds is 4. The van der Waals surface area contributed by atoms with Crippen molar-refractivity contribution in [2.45, 2.75) is 13.5 Å². The number of carbonyl (C=O) groups is 1. The second-order valence-electron chi connectivity index (χ2n) is 5.41. The Balaban J connectivity index is 1.88. The lowest BCUT2D eigenvalue weighted by Crippen LogP contribution is -2.06. The summed E-state index contributed by atoms with van der Waals surface area (Å²) in [5.41, 5.74) is 3.31.